The molecule has 1 amide bonds. The smallest absolute Gasteiger partial charge is 0.265 e. The normalized spacial score (nSPS) is 21.4. The number of nitrogens with zero attached hydrogens (tertiary/aromatic N) is 4. The van der Waals surface area contributed by atoms with Gasteiger partial charge in [0, 0.05) is 31.7 Å². The minimum atomic E-state index is -0.766. The molecule has 2 aromatic rings. The molecule has 0 aromatic carbocycles. The van der Waals surface area contributed by atoms with E-state index in [0.717, 1.165) is 38.2 Å². The van der Waals surface area contributed by atoms with E-state index in [9.17, 15) is 13.6 Å². The van der Waals surface area contributed by atoms with Gasteiger partial charge in [-0.2, -0.15) is 0 Å². The standard InChI is InChI=1S/C22H27F2N5OS/c23-15-10-17(24)18(25-11-15)12-26-21(30)19-20(27-14-31-19)28-8-2-16(3-9-28)29-7-1-4-22(13-29)5-6-22/h10-11,14,16H,1-9,12-13H2,(H,26,30). The van der Waals surface area contributed by atoms with Gasteiger partial charge in [-0.15, -0.1) is 11.3 Å². The first-order valence-electron chi connectivity index (χ1n) is 11.0. The van der Waals surface area contributed by atoms with E-state index in [2.05, 4.69) is 25.1 Å². The monoisotopic (exact) mass is 447 g/mol. The molecular weight excluding hydrogens is 420 g/mol. The summed E-state index contributed by atoms with van der Waals surface area (Å²) in [7, 11) is 0. The van der Waals surface area contributed by atoms with Crippen LogP contribution in [0.15, 0.2) is 17.8 Å². The molecule has 3 aliphatic rings. The van der Waals surface area contributed by atoms with Crippen molar-refractivity contribution in [3.63, 3.8) is 0 Å². The molecule has 1 aliphatic carbocycles. The van der Waals surface area contributed by atoms with Crippen molar-refractivity contribution < 1.29 is 13.6 Å². The number of likely N-dealkylation sites (tertiary alicyclic amines) is 1. The van der Waals surface area contributed by atoms with E-state index in [1.165, 1.54) is 50.1 Å². The lowest BCUT2D eigenvalue weighted by Crippen LogP contribution is -2.49. The van der Waals surface area contributed by atoms with Crippen LogP contribution in [0.25, 0.3) is 0 Å². The minimum absolute atomic E-state index is 0.0107. The highest BCUT2D eigenvalue weighted by atomic mass is 32.1. The summed E-state index contributed by atoms with van der Waals surface area (Å²) in [6, 6.07) is 1.39. The predicted octanol–water partition coefficient (Wildman–Crippen LogP) is 3.59. The molecular formula is C22H27F2N5OS. The highest BCUT2D eigenvalue weighted by Gasteiger charge is 2.46. The molecule has 2 aromatic heterocycles. The number of anilines is 1. The maximum Gasteiger partial charge on any atom is 0.265 e. The van der Waals surface area contributed by atoms with Gasteiger partial charge in [0.05, 0.1) is 23.9 Å². The van der Waals surface area contributed by atoms with Crippen LogP contribution in [0.5, 0.6) is 0 Å². The molecule has 6 nitrogen and oxygen atoms in total. The zero-order chi connectivity index (χ0) is 21.4. The Hall–Kier alpha value is -2.13. The summed E-state index contributed by atoms with van der Waals surface area (Å²) < 4.78 is 26.8. The molecule has 0 atom stereocenters. The zero-order valence-corrected chi connectivity index (χ0v) is 18.3. The Morgan fingerprint density at radius 3 is 2.74 bits per heavy atom. The van der Waals surface area contributed by atoms with Gasteiger partial charge in [0.15, 0.2) is 5.82 Å². The first kappa shape index (κ1) is 20.8. The van der Waals surface area contributed by atoms with Crippen molar-refractivity contribution in [1.29, 1.82) is 0 Å². The number of rotatable bonds is 5. The number of thiazole rings is 1. The number of nitrogens with one attached hydrogen (secondary N) is 1. The summed E-state index contributed by atoms with van der Waals surface area (Å²) in [6.07, 6.45) is 8.63. The molecule has 5 rings (SSSR count). The minimum Gasteiger partial charge on any atom is -0.355 e. The van der Waals surface area contributed by atoms with Crippen LogP contribution < -0.4 is 10.2 Å². The Morgan fingerprint density at radius 1 is 1.19 bits per heavy atom. The Bertz CT molecular complexity index is 955. The molecule has 3 fully saturated rings. The maximum absolute atomic E-state index is 13.8. The molecule has 0 unspecified atom stereocenters. The maximum atomic E-state index is 13.8. The van der Waals surface area contributed by atoms with Gasteiger partial charge in [-0.1, -0.05) is 0 Å². The van der Waals surface area contributed by atoms with E-state index >= 15 is 0 Å². The van der Waals surface area contributed by atoms with Crippen molar-refractivity contribution in [1.82, 2.24) is 20.2 Å². The molecule has 0 bridgehead atoms. The van der Waals surface area contributed by atoms with Gasteiger partial charge < -0.3 is 10.2 Å². The lowest BCUT2D eigenvalue weighted by atomic mass is 9.91. The van der Waals surface area contributed by atoms with Crippen molar-refractivity contribution in [2.24, 2.45) is 5.41 Å². The fraction of sp³-hybridized carbons (Fsp3) is 0.591. The molecule has 1 saturated carbocycles. The lowest BCUT2D eigenvalue weighted by Gasteiger charge is -2.43. The van der Waals surface area contributed by atoms with E-state index < -0.39 is 11.6 Å². The van der Waals surface area contributed by atoms with Gasteiger partial charge in [0.2, 0.25) is 0 Å². The van der Waals surface area contributed by atoms with Crippen LogP contribution in [-0.4, -0.2) is 53.0 Å². The van der Waals surface area contributed by atoms with Gasteiger partial charge in [-0.3, -0.25) is 14.7 Å². The molecule has 1 spiro atoms. The molecule has 2 saturated heterocycles. The highest BCUT2D eigenvalue weighted by Crippen LogP contribution is 2.52. The van der Waals surface area contributed by atoms with Gasteiger partial charge >= 0.3 is 0 Å². The van der Waals surface area contributed by atoms with Gasteiger partial charge in [0.1, 0.15) is 16.5 Å². The number of aromatic nitrogens is 2. The topological polar surface area (TPSA) is 61.4 Å². The number of halogens is 2. The lowest BCUT2D eigenvalue weighted by molar-refractivity contribution is 0.0948. The number of amides is 1. The van der Waals surface area contributed by atoms with E-state index in [-0.39, 0.29) is 18.1 Å². The third-order valence-electron chi connectivity index (χ3n) is 6.98. The summed E-state index contributed by atoms with van der Waals surface area (Å²) in [6.45, 7) is 4.14. The SMILES string of the molecule is O=C(NCc1ncc(F)cc1F)c1scnc1N1CCC(N2CCCC3(CC3)C2)CC1. The van der Waals surface area contributed by atoms with E-state index in [1.54, 1.807) is 5.51 Å². The van der Waals surface area contributed by atoms with Gasteiger partial charge in [0.25, 0.3) is 5.91 Å². The van der Waals surface area contributed by atoms with Crippen LogP contribution in [0.3, 0.4) is 0 Å². The number of pyridine rings is 1. The number of hydrogen-bond acceptors (Lipinski definition) is 6. The molecule has 4 heterocycles. The molecule has 9 heteroatoms. The average Bonchev–Trinajstić information content (AvgIpc) is 3.32. The Balaban J connectivity index is 1.18. The fourth-order valence-electron chi connectivity index (χ4n) is 5.02. The van der Waals surface area contributed by atoms with E-state index in [0.29, 0.717) is 22.2 Å². The van der Waals surface area contributed by atoms with Gasteiger partial charge in [-0.05, 0) is 50.5 Å². The second-order valence-electron chi connectivity index (χ2n) is 9.06. The van der Waals surface area contributed by atoms with Crippen LogP contribution >= 0.6 is 11.3 Å². The molecule has 31 heavy (non-hydrogen) atoms. The van der Waals surface area contributed by atoms with Crippen LogP contribution in [0.2, 0.25) is 0 Å². The second kappa shape index (κ2) is 8.43. The summed E-state index contributed by atoms with van der Waals surface area (Å²) in [4.78, 5) is 26.3. The first-order chi connectivity index (χ1) is 15.0. The van der Waals surface area contributed by atoms with Crippen molar-refractivity contribution >= 4 is 23.1 Å². The Kier molecular flexibility index (Phi) is 5.64. The zero-order valence-electron chi connectivity index (χ0n) is 17.4. The third-order valence-corrected chi connectivity index (χ3v) is 7.80. The molecule has 2 aliphatic heterocycles. The first-order valence-corrected chi connectivity index (χ1v) is 11.9. The fourth-order valence-corrected chi connectivity index (χ4v) is 5.75. The number of carbonyl (C=O) groups excluding carboxylic acids is 1. The predicted molar refractivity (Wildman–Crippen MR) is 115 cm³/mol. The van der Waals surface area contributed by atoms with Crippen molar-refractivity contribution in [3.8, 4) is 0 Å². The number of piperidine rings is 2. The Morgan fingerprint density at radius 2 is 2.00 bits per heavy atom. The van der Waals surface area contributed by atoms with Gasteiger partial charge in [-0.25, -0.2) is 13.8 Å². The van der Waals surface area contributed by atoms with Crippen LogP contribution in [0.1, 0.15) is 53.9 Å². The third kappa shape index (κ3) is 4.43. The number of carbonyl (C=O) groups is 1. The van der Waals surface area contributed by atoms with Crippen LogP contribution in [0, 0.1) is 17.0 Å². The van der Waals surface area contributed by atoms with Crippen molar-refractivity contribution in [2.75, 3.05) is 31.1 Å². The van der Waals surface area contributed by atoms with Crippen molar-refractivity contribution in [3.05, 3.63) is 40.0 Å². The molecule has 0 radical (unpaired) electrons. The summed E-state index contributed by atoms with van der Waals surface area (Å²) in [5, 5.41) is 2.69. The summed E-state index contributed by atoms with van der Waals surface area (Å²) in [5.74, 6) is -1.11. The van der Waals surface area contributed by atoms with Crippen LogP contribution in [-0.2, 0) is 6.54 Å². The molecule has 166 valence electrons. The van der Waals surface area contributed by atoms with Crippen molar-refractivity contribution in [2.45, 2.75) is 51.1 Å². The largest absolute Gasteiger partial charge is 0.355 e. The highest BCUT2D eigenvalue weighted by molar-refractivity contribution is 7.12. The van der Waals surface area contributed by atoms with E-state index in [1.807, 2.05) is 0 Å². The Labute approximate surface area is 184 Å². The second-order valence-corrected chi connectivity index (χ2v) is 9.92. The summed E-state index contributed by atoms with van der Waals surface area (Å²) in [5.41, 5.74) is 2.32. The average molecular weight is 448 g/mol. The van der Waals surface area contributed by atoms with Crippen LogP contribution in [0.4, 0.5) is 14.6 Å². The summed E-state index contributed by atoms with van der Waals surface area (Å²) >= 11 is 1.28. The molecule has 1 N–H and O–H groups in total. The van der Waals surface area contributed by atoms with E-state index in [4.69, 9.17) is 0 Å². The number of hydrogen-bond donors (Lipinski definition) is 1. The quantitative estimate of drug-likeness (QED) is 0.759.